The molecule has 3 rings (SSSR count). The molecule has 110 valence electrons. The number of benzene rings is 1. The SMILES string of the molecule is CC(N)C(c1ccccc1)N1CC2CCCN2CC1C. The number of rotatable bonds is 3. The molecule has 2 saturated heterocycles. The summed E-state index contributed by atoms with van der Waals surface area (Å²) in [4.78, 5) is 5.32. The minimum absolute atomic E-state index is 0.160. The summed E-state index contributed by atoms with van der Waals surface area (Å²) in [5.41, 5.74) is 7.71. The number of fused-ring (bicyclic) bond motifs is 1. The maximum absolute atomic E-state index is 6.34. The number of nitrogens with two attached hydrogens (primary N) is 1. The van der Waals surface area contributed by atoms with E-state index in [2.05, 4.69) is 54.0 Å². The van der Waals surface area contributed by atoms with Crippen LogP contribution in [0.5, 0.6) is 0 Å². The monoisotopic (exact) mass is 273 g/mol. The molecule has 0 bridgehead atoms. The van der Waals surface area contributed by atoms with Crippen molar-refractivity contribution < 1.29 is 0 Å². The third-order valence-electron chi connectivity index (χ3n) is 4.98. The van der Waals surface area contributed by atoms with Crippen LogP contribution in [-0.2, 0) is 0 Å². The van der Waals surface area contributed by atoms with E-state index >= 15 is 0 Å². The first-order valence-corrected chi connectivity index (χ1v) is 7.97. The van der Waals surface area contributed by atoms with E-state index < -0.39 is 0 Å². The molecule has 0 aliphatic carbocycles. The van der Waals surface area contributed by atoms with Gasteiger partial charge >= 0.3 is 0 Å². The lowest BCUT2D eigenvalue weighted by atomic mass is 9.95. The van der Waals surface area contributed by atoms with Gasteiger partial charge in [0, 0.05) is 37.3 Å². The standard InChI is InChI=1S/C17H27N3/c1-13-11-19-10-6-9-16(19)12-20(13)17(14(2)18)15-7-4-3-5-8-15/h3-5,7-8,13-14,16-17H,6,9-12,18H2,1-2H3. The first-order chi connectivity index (χ1) is 9.66. The van der Waals surface area contributed by atoms with Gasteiger partial charge in [0.05, 0.1) is 0 Å². The molecule has 3 heteroatoms. The van der Waals surface area contributed by atoms with Gasteiger partial charge in [-0.15, -0.1) is 0 Å². The van der Waals surface area contributed by atoms with Crippen LogP contribution in [0.25, 0.3) is 0 Å². The van der Waals surface area contributed by atoms with Crippen molar-refractivity contribution in [1.29, 1.82) is 0 Å². The van der Waals surface area contributed by atoms with Crippen LogP contribution in [0.4, 0.5) is 0 Å². The molecule has 0 saturated carbocycles. The molecule has 2 N–H and O–H groups in total. The minimum atomic E-state index is 0.160. The largest absolute Gasteiger partial charge is 0.326 e. The molecule has 3 nitrogen and oxygen atoms in total. The lowest BCUT2D eigenvalue weighted by molar-refractivity contribution is 0.0206. The highest BCUT2D eigenvalue weighted by atomic mass is 15.3. The van der Waals surface area contributed by atoms with Gasteiger partial charge < -0.3 is 5.73 Å². The van der Waals surface area contributed by atoms with E-state index in [1.165, 1.54) is 38.0 Å². The van der Waals surface area contributed by atoms with E-state index in [0.29, 0.717) is 12.1 Å². The Bertz CT molecular complexity index is 431. The van der Waals surface area contributed by atoms with Gasteiger partial charge in [0.15, 0.2) is 0 Å². The van der Waals surface area contributed by atoms with Crippen molar-refractivity contribution in [1.82, 2.24) is 9.80 Å². The second-order valence-corrected chi connectivity index (χ2v) is 6.55. The second-order valence-electron chi connectivity index (χ2n) is 6.55. The van der Waals surface area contributed by atoms with Crippen molar-refractivity contribution in [3.63, 3.8) is 0 Å². The Hall–Kier alpha value is -0.900. The predicted molar refractivity (Wildman–Crippen MR) is 83.6 cm³/mol. The molecular formula is C17H27N3. The van der Waals surface area contributed by atoms with Gasteiger partial charge in [-0.2, -0.15) is 0 Å². The first kappa shape index (κ1) is 14.1. The lowest BCUT2D eigenvalue weighted by Gasteiger charge is -2.47. The average molecular weight is 273 g/mol. The smallest absolute Gasteiger partial charge is 0.0500 e. The van der Waals surface area contributed by atoms with Crippen molar-refractivity contribution in [2.75, 3.05) is 19.6 Å². The molecule has 2 heterocycles. The van der Waals surface area contributed by atoms with Gasteiger partial charge in [-0.25, -0.2) is 0 Å². The number of nitrogens with zero attached hydrogens (tertiary/aromatic N) is 2. The van der Waals surface area contributed by atoms with Crippen molar-refractivity contribution in [3.05, 3.63) is 35.9 Å². The van der Waals surface area contributed by atoms with Crippen LogP contribution in [0.15, 0.2) is 30.3 Å². The molecule has 1 aromatic rings. The van der Waals surface area contributed by atoms with Gasteiger partial charge in [0.1, 0.15) is 0 Å². The number of hydrogen-bond donors (Lipinski definition) is 1. The Morgan fingerprint density at radius 1 is 1.20 bits per heavy atom. The third kappa shape index (κ3) is 2.62. The van der Waals surface area contributed by atoms with E-state index in [1.807, 2.05) is 0 Å². The summed E-state index contributed by atoms with van der Waals surface area (Å²) in [6.45, 7) is 8.15. The summed E-state index contributed by atoms with van der Waals surface area (Å²) in [7, 11) is 0. The Morgan fingerprint density at radius 3 is 2.65 bits per heavy atom. The average Bonchev–Trinajstić information content (AvgIpc) is 2.87. The highest BCUT2D eigenvalue weighted by molar-refractivity contribution is 5.21. The van der Waals surface area contributed by atoms with Gasteiger partial charge in [0.2, 0.25) is 0 Å². The van der Waals surface area contributed by atoms with Gasteiger partial charge in [-0.3, -0.25) is 9.80 Å². The van der Waals surface area contributed by atoms with Crippen LogP contribution in [0, 0.1) is 0 Å². The number of piperazine rings is 1. The Morgan fingerprint density at radius 2 is 1.95 bits per heavy atom. The topological polar surface area (TPSA) is 32.5 Å². The zero-order chi connectivity index (χ0) is 14.1. The predicted octanol–water partition coefficient (Wildman–Crippen LogP) is 2.24. The molecular weight excluding hydrogens is 246 g/mol. The highest BCUT2D eigenvalue weighted by Crippen LogP contribution is 2.32. The van der Waals surface area contributed by atoms with Crippen LogP contribution in [0.2, 0.25) is 0 Å². The lowest BCUT2D eigenvalue weighted by Crippen LogP contribution is -2.57. The zero-order valence-electron chi connectivity index (χ0n) is 12.7. The summed E-state index contributed by atoms with van der Waals surface area (Å²) in [5.74, 6) is 0. The highest BCUT2D eigenvalue weighted by Gasteiger charge is 2.38. The molecule has 0 amide bonds. The fraction of sp³-hybridized carbons (Fsp3) is 0.647. The molecule has 0 radical (unpaired) electrons. The van der Waals surface area contributed by atoms with Crippen LogP contribution >= 0.6 is 0 Å². The van der Waals surface area contributed by atoms with E-state index in [9.17, 15) is 0 Å². The van der Waals surface area contributed by atoms with Gasteiger partial charge in [-0.05, 0) is 38.8 Å². The fourth-order valence-electron chi connectivity index (χ4n) is 4.04. The fourth-order valence-corrected chi connectivity index (χ4v) is 4.04. The molecule has 0 spiro atoms. The third-order valence-corrected chi connectivity index (χ3v) is 4.98. The van der Waals surface area contributed by atoms with Crippen LogP contribution in [0.1, 0.15) is 38.3 Å². The molecule has 0 aromatic heterocycles. The molecule has 4 atom stereocenters. The molecule has 1 aromatic carbocycles. The summed E-state index contributed by atoms with van der Waals surface area (Å²) in [5, 5.41) is 0. The van der Waals surface area contributed by atoms with E-state index in [-0.39, 0.29) is 6.04 Å². The van der Waals surface area contributed by atoms with Crippen molar-refractivity contribution in [2.24, 2.45) is 5.73 Å². The van der Waals surface area contributed by atoms with Crippen LogP contribution < -0.4 is 5.73 Å². The Labute approximate surface area is 122 Å². The second kappa shape index (κ2) is 5.84. The summed E-state index contributed by atoms with van der Waals surface area (Å²) in [6, 6.07) is 12.6. The summed E-state index contributed by atoms with van der Waals surface area (Å²) < 4.78 is 0. The maximum Gasteiger partial charge on any atom is 0.0500 e. The zero-order valence-corrected chi connectivity index (χ0v) is 12.7. The van der Waals surface area contributed by atoms with E-state index in [0.717, 1.165) is 6.04 Å². The molecule has 2 aliphatic rings. The molecule has 2 aliphatic heterocycles. The Kier molecular flexibility index (Phi) is 4.11. The molecule has 20 heavy (non-hydrogen) atoms. The summed E-state index contributed by atoms with van der Waals surface area (Å²) in [6.07, 6.45) is 2.71. The maximum atomic E-state index is 6.34. The van der Waals surface area contributed by atoms with Crippen molar-refractivity contribution in [2.45, 2.75) is 50.9 Å². The number of hydrogen-bond acceptors (Lipinski definition) is 3. The van der Waals surface area contributed by atoms with E-state index in [4.69, 9.17) is 5.73 Å². The van der Waals surface area contributed by atoms with Gasteiger partial charge in [-0.1, -0.05) is 30.3 Å². The van der Waals surface area contributed by atoms with Crippen molar-refractivity contribution >= 4 is 0 Å². The molecule has 4 unspecified atom stereocenters. The quantitative estimate of drug-likeness (QED) is 0.917. The normalized spacial score (nSPS) is 30.9. The minimum Gasteiger partial charge on any atom is -0.326 e. The summed E-state index contributed by atoms with van der Waals surface area (Å²) >= 11 is 0. The van der Waals surface area contributed by atoms with Crippen molar-refractivity contribution in [3.8, 4) is 0 Å². The molecule has 2 fully saturated rings. The van der Waals surface area contributed by atoms with Crippen LogP contribution in [-0.4, -0.2) is 47.6 Å². The first-order valence-electron chi connectivity index (χ1n) is 7.97. The van der Waals surface area contributed by atoms with Crippen LogP contribution in [0.3, 0.4) is 0 Å². The van der Waals surface area contributed by atoms with E-state index in [1.54, 1.807) is 0 Å². The Balaban J connectivity index is 1.84. The van der Waals surface area contributed by atoms with Gasteiger partial charge in [0.25, 0.3) is 0 Å².